The van der Waals surface area contributed by atoms with Gasteiger partial charge in [-0.25, -0.2) is 0 Å². The maximum atomic E-state index is 5.87. The second kappa shape index (κ2) is 10.1. The van der Waals surface area contributed by atoms with Crippen molar-refractivity contribution >= 4 is 0 Å². The highest BCUT2D eigenvalue weighted by atomic mass is 15.2. The molecule has 0 aliphatic rings. The second-order valence-electron chi connectivity index (χ2n) is 5.59. The topological polar surface area (TPSA) is 67.3 Å². The Morgan fingerprint density at radius 3 is 1.78 bits per heavy atom. The molecule has 0 bridgehead atoms. The molecule has 124 valence electrons. The largest absolute Gasteiger partial charge is 0.329 e. The zero-order valence-corrected chi connectivity index (χ0v) is 13.7. The van der Waals surface area contributed by atoms with Gasteiger partial charge < -0.3 is 16.8 Å². The van der Waals surface area contributed by atoms with Gasteiger partial charge in [-0.3, -0.25) is 4.90 Å². The van der Waals surface area contributed by atoms with Gasteiger partial charge >= 0.3 is 0 Å². The molecule has 2 aromatic carbocycles. The smallest absolute Gasteiger partial charge is 0.0602 e. The first-order valence-corrected chi connectivity index (χ1v) is 8.31. The lowest BCUT2D eigenvalue weighted by atomic mass is 9.97. The van der Waals surface area contributed by atoms with Gasteiger partial charge in [0.15, 0.2) is 0 Å². The van der Waals surface area contributed by atoms with Crippen molar-refractivity contribution in [3.8, 4) is 0 Å². The third-order valence-electron chi connectivity index (χ3n) is 3.91. The number of nitrogens with two attached hydrogens (primary N) is 2. The van der Waals surface area contributed by atoms with Crippen LogP contribution in [0.4, 0.5) is 0 Å². The Hall–Kier alpha value is -1.72. The van der Waals surface area contributed by atoms with E-state index < -0.39 is 0 Å². The summed E-state index contributed by atoms with van der Waals surface area (Å²) in [5.74, 6) is 0. The van der Waals surface area contributed by atoms with Gasteiger partial charge in [-0.1, -0.05) is 60.7 Å². The quantitative estimate of drug-likeness (QED) is 0.583. The van der Waals surface area contributed by atoms with Crippen LogP contribution >= 0.6 is 0 Å². The van der Waals surface area contributed by atoms with Gasteiger partial charge in [0.05, 0.1) is 6.04 Å². The normalized spacial score (nSPS) is 11.3. The molecule has 0 amide bonds. The van der Waals surface area contributed by atoms with E-state index in [-0.39, 0.29) is 6.04 Å². The van der Waals surface area contributed by atoms with Crippen LogP contribution in [0.15, 0.2) is 60.7 Å². The maximum Gasteiger partial charge on any atom is 0.0602 e. The van der Waals surface area contributed by atoms with Gasteiger partial charge in [-0.2, -0.15) is 0 Å². The summed E-state index contributed by atoms with van der Waals surface area (Å²) >= 11 is 0. The van der Waals surface area contributed by atoms with Crippen LogP contribution in [0.3, 0.4) is 0 Å². The highest BCUT2D eigenvalue weighted by molar-refractivity contribution is 5.31. The molecule has 2 aromatic rings. The molecule has 0 radical (unpaired) electrons. The van der Waals surface area contributed by atoms with E-state index in [9.17, 15) is 0 Å². The molecule has 0 atom stereocenters. The molecule has 0 spiro atoms. The number of hydrogen-bond acceptors (Lipinski definition) is 4. The number of benzene rings is 2. The van der Waals surface area contributed by atoms with Gasteiger partial charge in [0.1, 0.15) is 0 Å². The van der Waals surface area contributed by atoms with Crippen molar-refractivity contribution in [2.75, 3.05) is 39.3 Å². The molecule has 5 N–H and O–H groups in total. The van der Waals surface area contributed by atoms with Gasteiger partial charge in [0, 0.05) is 39.3 Å². The summed E-state index contributed by atoms with van der Waals surface area (Å²) in [6.45, 7) is 4.86. The van der Waals surface area contributed by atoms with E-state index in [4.69, 9.17) is 11.5 Å². The zero-order chi connectivity index (χ0) is 16.3. The molecular weight excluding hydrogens is 284 g/mol. The molecule has 0 aromatic heterocycles. The Labute approximate surface area is 139 Å². The Morgan fingerprint density at radius 2 is 1.30 bits per heavy atom. The van der Waals surface area contributed by atoms with Crippen molar-refractivity contribution in [2.45, 2.75) is 6.04 Å². The van der Waals surface area contributed by atoms with Crippen LogP contribution in [0, 0.1) is 0 Å². The van der Waals surface area contributed by atoms with Crippen LogP contribution in [0.1, 0.15) is 17.2 Å². The van der Waals surface area contributed by atoms with Crippen molar-refractivity contribution in [1.82, 2.24) is 10.2 Å². The lowest BCUT2D eigenvalue weighted by molar-refractivity contribution is 0.232. The van der Waals surface area contributed by atoms with Crippen LogP contribution in [0.2, 0.25) is 0 Å². The summed E-state index contributed by atoms with van der Waals surface area (Å²) in [5.41, 5.74) is 14.0. The number of hydrogen-bond donors (Lipinski definition) is 3. The minimum atomic E-state index is 0.223. The van der Waals surface area contributed by atoms with E-state index in [0.717, 1.165) is 26.2 Å². The Balaban J connectivity index is 2.22. The van der Waals surface area contributed by atoms with E-state index in [1.807, 2.05) is 0 Å². The van der Waals surface area contributed by atoms with Crippen LogP contribution in [0.25, 0.3) is 0 Å². The molecular formula is C19H28N4. The van der Waals surface area contributed by atoms with E-state index in [1.54, 1.807) is 0 Å². The molecule has 0 heterocycles. The first kappa shape index (κ1) is 17.6. The fraction of sp³-hybridized carbons (Fsp3) is 0.368. The van der Waals surface area contributed by atoms with Crippen LogP contribution < -0.4 is 16.8 Å². The average molecular weight is 312 g/mol. The van der Waals surface area contributed by atoms with E-state index >= 15 is 0 Å². The predicted octanol–water partition coefficient (Wildman–Crippen LogP) is 1.59. The summed E-state index contributed by atoms with van der Waals surface area (Å²) in [5, 5.41) is 3.37. The first-order valence-electron chi connectivity index (χ1n) is 8.31. The standard InChI is InChI=1S/C19H28N4/c20-11-13-22-14-16-23(15-12-21)19(17-7-3-1-4-8-17)18-9-5-2-6-10-18/h1-10,19,22H,11-16,20-21H2. The van der Waals surface area contributed by atoms with Crippen molar-refractivity contribution in [2.24, 2.45) is 11.5 Å². The lowest BCUT2D eigenvalue weighted by Crippen LogP contribution is -2.39. The third kappa shape index (κ3) is 5.44. The molecule has 4 nitrogen and oxygen atoms in total. The fourth-order valence-corrected chi connectivity index (χ4v) is 2.87. The fourth-order valence-electron chi connectivity index (χ4n) is 2.87. The summed E-state index contributed by atoms with van der Waals surface area (Å²) in [6, 6.07) is 21.5. The highest BCUT2D eigenvalue weighted by Gasteiger charge is 2.21. The minimum Gasteiger partial charge on any atom is -0.329 e. The Kier molecular flexibility index (Phi) is 7.77. The first-order chi connectivity index (χ1) is 11.4. The number of rotatable bonds is 10. The molecule has 0 aliphatic heterocycles. The maximum absolute atomic E-state index is 5.87. The van der Waals surface area contributed by atoms with Crippen molar-refractivity contribution in [3.05, 3.63) is 71.8 Å². The van der Waals surface area contributed by atoms with Crippen molar-refractivity contribution in [3.63, 3.8) is 0 Å². The molecule has 0 saturated heterocycles. The third-order valence-corrected chi connectivity index (χ3v) is 3.91. The summed E-state index contributed by atoms with van der Waals surface area (Å²) in [7, 11) is 0. The van der Waals surface area contributed by atoms with Crippen LogP contribution in [-0.4, -0.2) is 44.2 Å². The second-order valence-corrected chi connectivity index (χ2v) is 5.59. The minimum absolute atomic E-state index is 0.223. The van der Waals surface area contributed by atoms with Gasteiger partial charge in [0.2, 0.25) is 0 Å². The predicted molar refractivity (Wildman–Crippen MR) is 97.3 cm³/mol. The van der Waals surface area contributed by atoms with Gasteiger partial charge in [-0.05, 0) is 11.1 Å². The number of nitrogens with one attached hydrogen (secondary N) is 1. The lowest BCUT2D eigenvalue weighted by Gasteiger charge is -2.32. The molecule has 0 fully saturated rings. The Morgan fingerprint density at radius 1 is 0.739 bits per heavy atom. The zero-order valence-electron chi connectivity index (χ0n) is 13.7. The molecule has 0 saturated carbocycles. The van der Waals surface area contributed by atoms with Crippen LogP contribution in [0.5, 0.6) is 0 Å². The van der Waals surface area contributed by atoms with Crippen molar-refractivity contribution in [1.29, 1.82) is 0 Å². The SMILES string of the molecule is NCCNCCN(CCN)C(c1ccccc1)c1ccccc1. The summed E-state index contributed by atoms with van der Waals surface area (Å²) < 4.78 is 0. The monoisotopic (exact) mass is 312 g/mol. The highest BCUT2D eigenvalue weighted by Crippen LogP contribution is 2.27. The average Bonchev–Trinajstić information content (AvgIpc) is 2.61. The number of nitrogens with zero attached hydrogens (tertiary/aromatic N) is 1. The molecule has 0 unspecified atom stereocenters. The molecule has 0 aliphatic carbocycles. The van der Waals surface area contributed by atoms with E-state index in [2.05, 4.69) is 70.9 Å². The summed E-state index contributed by atoms with van der Waals surface area (Å²) in [4.78, 5) is 2.44. The van der Waals surface area contributed by atoms with Crippen LogP contribution in [-0.2, 0) is 0 Å². The summed E-state index contributed by atoms with van der Waals surface area (Å²) in [6.07, 6.45) is 0. The van der Waals surface area contributed by atoms with E-state index in [0.29, 0.717) is 13.1 Å². The molecule has 23 heavy (non-hydrogen) atoms. The molecule has 2 rings (SSSR count). The van der Waals surface area contributed by atoms with Gasteiger partial charge in [-0.15, -0.1) is 0 Å². The van der Waals surface area contributed by atoms with E-state index in [1.165, 1.54) is 11.1 Å². The molecule has 4 heteroatoms. The van der Waals surface area contributed by atoms with Gasteiger partial charge in [0.25, 0.3) is 0 Å². The Bertz CT molecular complexity index is 490. The van der Waals surface area contributed by atoms with Crippen molar-refractivity contribution < 1.29 is 0 Å².